The van der Waals surface area contributed by atoms with Gasteiger partial charge in [-0.15, -0.1) is 0 Å². The van der Waals surface area contributed by atoms with Crippen molar-refractivity contribution in [1.82, 2.24) is 25.1 Å². The molecule has 0 spiro atoms. The molecule has 0 aliphatic carbocycles. The summed E-state index contributed by atoms with van der Waals surface area (Å²) >= 11 is 3.45. The number of nitrogens with one attached hydrogen (secondary N) is 2. The number of ether oxygens (including phenoxy) is 2. The van der Waals surface area contributed by atoms with Crippen LogP contribution in [-0.4, -0.2) is 76.2 Å². The number of piperazine rings is 1. The molecule has 202 valence electrons. The van der Waals surface area contributed by atoms with Gasteiger partial charge >= 0.3 is 12.2 Å². The molecule has 1 aliphatic rings. The van der Waals surface area contributed by atoms with Gasteiger partial charge in [-0.05, 0) is 44.4 Å². The molecule has 1 aromatic heterocycles. The van der Waals surface area contributed by atoms with Crippen molar-refractivity contribution < 1.29 is 23.9 Å². The Labute approximate surface area is 226 Å². The molecule has 1 saturated heterocycles. The lowest BCUT2D eigenvalue weighted by Crippen LogP contribution is -2.59. The number of methoxy groups -OCH3 is 1. The molecule has 3 rings (SSSR count). The van der Waals surface area contributed by atoms with E-state index >= 15 is 0 Å². The lowest BCUT2D eigenvalue weighted by atomic mass is 9.96. The number of hydrogen-bond acceptors (Lipinski definition) is 6. The Morgan fingerprint density at radius 3 is 2.49 bits per heavy atom. The van der Waals surface area contributed by atoms with E-state index in [2.05, 4.69) is 31.2 Å². The molecule has 0 bridgehead atoms. The molecule has 3 atom stereocenters. The average Bonchev–Trinajstić information content (AvgIpc) is 3.35. The summed E-state index contributed by atoms with van der Waals surface area (Å²) in [5.74, 6) is 0.154. The fourth-order valence-corrected chi connectivity index (χ4v) is 4.37. The van der Waals surface area contributed by atoms with Crippen LogP contribution in [0, 0.1) is 5.92 Å². The van der Waals surface area contributed by atoms with E-state index in [0.29, 0.717) is 18.8 Å². The maximum atomic E-state index is 13.8. The van der Waals surface area contributed by atoms with Gasteiger partial charge in [0.05, 0.1) is 25.5 Å². The molecule has 10 nitrogen and oxygen atoms in total. The van der Waals surface area contributed by atoms with Crippen LogP contribution in [0.2, 0.25) is 0 Å². The Bertz CT molecular complexity index is 1100. The van der Waals surface area contributed by atoms with Gasteiger partial charge in [-0.3, -0.25) is 4.79 Å². The molecular weight excluding hydrogens is 542 g/mol. The lowest BCUT2D eigenvalue weighted by molar-refractivity contribution is -0.140. The average molecular weight is 579 g/mol. The number of nitrogens with zero attached hydrogens (tertiary/aromatic N) is 3. The van der Waals surface area contributed by atoms with Crippen molar-refractivity contribution in [2.75, 3.05) is 26.7 Å². The van der Waals surface area contributed by atoms with Crippen LogP contribution in [-0.2, 0) is 14.3 Å². The smallest absolute Gasteiger partial charge is 0.410 e. The van der Waals surface area contributed by atoms with E-state index in [1.807, 2.05) is 58.9 Å². The van der Waals surface area contributed by atoms with Crippen molar-refractivity contribution >= 4 is 34.0 Å². The third kappa shape index (κ3) is 7.24. The fourth-order valence-electron chi connectivity index (χ4n) is 4.10. The van der Waals surface area contributed by atoms with Gasteiger partial charge in [-0.1, -0.05) is 48.3 Å². The van der Waals surface area contributed by atoms with Gasteiger partial charge in [-0.25, -0.2) is 14.6 Å². The Hall–Kier alpha value is -3.08. The highest BCUT2D eigenvalue weighted by molar-refractivity contribution is 9.10. The topological polar surface area (TPSA) is 117 Å². The second kappa shape index (κ2) is 12.0. The number of hydrogen-bond donors (Lipinski definition) is 2. The van der Waals surface area contributed by atoms with Crippen LogP contribution in [0.5, 0.6) is 0 Å². The zero-order chi connectivity index (χ0) is 27.3. The molecule has 11 heteroatoms. The molecule has 1 aromatic carbocycles. The maximum absolute atomic E-state index is 13.8. The maximum Gasteiger partial charge on any atom is 0.410 e. The fraction of sp³-hybridized carbons (Fsp3) is 0.538. The molecule has 0 saturated carbocycles. The van der Waals surface area contributed by atoms with Crippen LogP contribution in [0.3, 0.4) is 0 Å². The standard InChI is InChI=1S/C26H36BrN5O5/c1-7-16(2)21(30-24(34)36-6)23(33)32-13-12-31(25(35)37-26(3,4)5)15-20(32)22-28-14-19(29-22)17-8-10-18(27)11-9-17/h8-11,14,16,20-21H,7,12-13,15H2,1-6H3,(H,28,29)(H,30,34). The highest BCUT2D eigenvalue weighted by atomic mass is 79.9. The highest BCUT2D eigenvalue weighted by Crippen LogP contribution is 2.29. The summed E-state index contributed by atoms with van der Waals surface area (Å²) < 4.78 is 11.3. The summed E-state index contributed by atoms with van der Waals surface area (Å²) in [5, 5.41) is 2.70. The number of benzene rings is 1. The summed E-state index contributed by atoms with van der Waals surface area (Å²) in [6.45, 7) is 10.0. The van der Waals surface area contributed by atoms with Crippen molar-refractivity contribution in [3.8, 4) is 11.3 Å². The van der Waals surface area contributed by atoms with Crippen LogP contribution in [0.1, 0.15) is 52.9 Å². The number of halogens is 1. The second-order valence-electron chi connectivity index (χ2n) is 10.2. The van der Waals surface area contributed by atoms with Gasteiger partial charge in [0.25, 0.3) is 0 Å². The Balaban J connectivity index is 1.94. The third-order valence-corrected chi connectivity index (χ3v) is 6.85. The first-order valence-electron chi connectivity index (χ1n) is 12.4. The summed E-state index contributed by atoms with van der Waals surface area (Å²) in [5.41, 5.74) is 1.07. The summed E-state index contributed by atoms with van der Waals surface area (Å²) in [7, 11) is 1.27. The summed E-state index contributed by atoms with van der Waals surface area (Å²) in [6, 6.07) is 6.43. The largest absolute Gasteiger partial charge is 0.453 e. The predicted molar refractivity (Wildman–Crippen MR) is 143 cm³/mol. The second-order valence-corrected chi connectivity index (χ2v) is 11.1. The van der Waals surface area contributed by atoms with E-state index in [1.54, 1.807) is 16.0 Å². The molecule has 2 heterocycles. The van der Waals surface area contributed by atoms with Gasteiger partial charge in [0.2, 0.25) is 5.91 Å². The van der Waals surface area contributed by atoms with Crippen LogP contribution >= 0.6 is 15.9 Å². The molecule has 2 N–H and O–H groups in total. The minimum atomic E-state index is -0.783. The summed E-state index contributed by atoms with van der Waals surface area (Å²) in [6.07, 6.45) is 1.28. The number of H-pyrrole nitrogens is 1. The van der Waals surface area contributed by atoms with E-state index in [4.69, 9.17) is 9.47 Å². The van der Waals surface area contributed by atoms with E-state index < -0.39 is 29.9 Å². The van der Waals surface area contributed by atoms with Crippen molar-refractivity contribution in [3.05, 3.63) is 40.8 Å². The first kappa shape index (κ1) is 28.5. The first-order chi connectivity index (χ1) is 17.4. The van der Waals surface area contributed by atoms with Crippen LogP contribution < -0.4 is 5.32 Å². The molecule has 37 heavy (non-hydrogen) atoms. The number of imidazole rings is 1. The molecule has 1 fully saturated rings. The minimum absolute atomic E-state index is 0.133. The molecule has 0 radical (unpaired) electrons. The van der Waals surface area contributed by atoms with Gasteiger partial charge in [0, 0.05) is 17.6 Å². The van der Waals surface area contributed by atoms with E-state index in [0.717, 1.165) is 15.7 Å². The van der Waals surface area contributed by atoms with E-state index in [-0.39, 0.29) is 24.9 Å². The van der Waals surface area contributed by atoms with Crippen LogP contribution in [0.15, 0.2) is 34.9 Å². The van der Waals surface area contributed by atoms with Crippen LogP contribution in [0.25, 0.3) is 11.3 Å². The molecule has 3 amide bonds. The normalized spacial score (nSPS) is 17.6. The summed E-state index contributed by atoms with van der Waals surface area (Å²) in [4.78, 5) is 50.0. The van der Waals surface area contributed by atoms with E-state index in [9.17, 15) is 14.4 Å². The lowest BCUT2D eigenvalue weighted by Gasteiger charge is -2.42. The van der Waals surface area contributed by atoms with Gasteiger partial charge in [-0.2, -0.15) is 0 Å². The van der Waals surface area contributed by atoms with Gasteiger partial charge < -0.3 is 29.6 Å². The zero-order valence-electron chi connectivity index (χ0n) is 22.2. The SMILES string of the molecule is CCC(C)C(NC(=O)OC)C(=O)N1CCN(C(=O)OC(C)(C)C)CC1c1ncc(-c2ccc(Br)cc2)[nH]1. The van der Waals surface area contributed by atoms with Crippen molar-refractivity contribution in [2.45, 2.75) is 58.7 Å². The molecule has 1 aliphatic heterocycles. The number of carbonyl (C=O) groups excluding carboxylic acids is 3. The quantitative estimate of drug-likeness (QED) is 0.512. The van der Waals surface area contributed by atoms with Crippen molar-refractivity contribution in [1.29, 1.82) is 0 Å². The number of amides is 3. The van der Waals surface area contributed by atoms with Crippen LogP contribution in [0.4, 0.5) is 9.59 Å². The Kier molecular flexibility index (Phi) is 9.22. The third-order valence-electron chi connectivity index (χ3n) is 6.32. The predicted octanol–water partition coefficient (Wildman–Crippen LogP) is 4.73. The Morgan fingerprint density at radius 2 is 1.89 bits per heavy atom. The number of carbonyl (C=O) groups is 3. The van der Waals surface area contributed by atoms with E-state index in [1.165, 1.54) is 7.11 Å². The monoisotopic (exact) mass is 577 g/mol. The minimum Gasteiger partial charge on any atom is -0.453 e. The zero-order valence-corrected chi connectivity index (χ0v) is 23.8. The first-order valence-corrected chi connectivity index (χ1v) is 13.2. The van der Waals surface area contributed by atoms with Gasteiger partial charge in [0.1, 0.15) is 23.5 Å². The molecule has 2 aromatic rings. The van der Waals surface area contributed by atoms with Crippen molar-refractivity contribution in [2.24, 2.45) is 5.92 Å². The number of aromatic amines is 1. The number of alkyl carbamates (subject to hydrolysis) is 1. The van der Waals surface area contributed by atoms with Crippen molar-refractivity contribution in [3.63, 3.8) is 0 Å². The number of rotatable bonds is 6. The Morgan fingerprint density at radius 1 is 1.22 bits per heavy atom. The molecule has 3 unspecified atom stereocenters. The highest BCUT2D eigenvalue weighted by Gasteiger charge is 2.40. The molecular formula is C26H36BrN5O5. The number of aromatic nitrogens is 2. The van der Waals surface area contributed by atoms with Gasteiger partial charge in [0.15, 0.2) is 0 Å².